The van der Waals surface area contributed by atoms with Crippen LogP contribution in [0.2, 0.25) is 0 Å². The molecule has 0 unspecified atom stereocenters. The van der Waals surface area contributed by atoms with Crippen LogP contribution in [0.1, 0.15) is 11.4 Å². The first-order valence-electron chi connectivity index (χ1n) is 5.99. The van der Waals surface area contributed by atoms with Gasteiger partial charge in [-0.2, -0.15) is 0 Å². The Kier molecular flexibility index (Phi) is 5.29. The Morgan fingerprint density at radius 3 is 2.77 bits per heavy atom. The van der Waals surface area contributed by atoms with Gasteiger partial charge in [0.15, 0.2) is 11.5 Å². The normalized spacial score (nSPS) is 11.5. The molecule has 0 saturated carbocycles. The molecular weight excluding hydrogens is 421 g/mol. The summed E-state index contributed by atoms with van der Waals surface area (Å²) in [5, 5.41) is 26.0. The molecule has 0 saturated heterocycles. The zero-order valence-electron chi connectivity index (χ0n) is 11.6. The number of thioether (sulfide) groups is 1. The minimum Gasteiger partial charge on any atom is -0.504 e. The smallest absolute Gasteiger partial charge is 0.342 e. The molecular formula is C13H12IN3O4S. The Hall–Kier alpha value is -1.75. The SMILES string of the molecule is COc1cc(/C=C(\Sc2n[nH]c(C)n2)C(=O)O)cc(I)c1O. The van der Waals surface area contributed by atoms with Gasteiger partial charge in [-0.1, -0.05) is 0 Å². The first kappa shape index (κ1) is 16.6. The molecule has 0 bridgehead atoms. The van der Waals surface area contributed by atoms with E-state index in [-0.39, 0.29) is 16.4 Å². The van der Waals surface area contributed by atoms with Gasteiger partial charge >= 0.3 is 5.97 Å². The third kappa shape index (κ3) is 3.91. The molecule has 0 radical (unpaired) electrons. The van der Waals surface area contributed by atoms with Crippen LogP contribution in [-0.4, -0.2) is 38.5 Å². The number of rotatable bonds is 5. The van der Waals surface area contributed by atoms with Gasteiger partial charge in [0.2, 0.25) is 5.16 Å². The highest BCUT2D eigenvalue weighted by Gasteiger charge is 2.14. The van der Waals surface area contributed by atoms with Gasteiger partial charge in [-0.05, 0) is 65.0 Å². The molecule has 1 aromatic heterocycles. The number of ether oxygens (including phenoxy) is 1. The number of hydrogen-bond acceptors (Lipinski definition) is 6. The van der Waals surface area contributed by atoms with Crippen molar-refractivity contribution in [3.63, 3.8) is 0 Å². The van der Waals surface area contributed by atoms with Crippen molar-refractivity contribution in [1.29, 1.82) is 0 Å². The van der Waals surface area contributed by atoms with Crippen LogP contribution in [-0.2, 0) is 4.79 Å². The van der Waals surface area contributed by atoms with Gasteiger partial charge in [-0.15, -0.1) is 5.10 Å². The van der Waals surface area contributed by atoms with Crippen molar-refractivity contribution in [2.75, 3.05) is 7.11 Å². The summed E-state index contributed by atoms with van der Waals surface area (Å²) in [7, 11) is 1.43. The quantitative estimate of drug-likeness (QED) is 0.378. The van der Waals surface area contributed by atoms with Gasteiger partial charge in [0.05, 0.1) is 10.7 Å². The van der Waals surface area contributed by atoms with Crippen LogP contribution < -0.4 is 4.74 Å². The van der Waals surface area contributed by atoms with E-state index < -0.39 is 5.97 Å². The maximum atomic E-state index is 11.4. The molecule has 0 spiro atoms. The maximum absolute atomic E-state index is 11.4. The number of nitrogens with one attached hydrogen (secondary N) is 1. The zero-order chi connectivity index (χ0) is 16.3. The second kappa shape index (κ2) is 7.01. The van der Waals surface area contributed by atoms with E-state index in [2.05, 4.69) is 15.2 Å². The fourth-order valence-electron chi connectivity index (χ4n) is 1.59. The topological polar surface area (TPSA) is 108 Å². The highest BCUT2D eigenvalue weighted by atomic mass is 127. The maximum Gasteiger partial charge on any atom is 0.342 e. The van der Waals surface area contributed by atoms with Crippen molar-refractivity contribution in [2.24, 2.45) is 0 Å². The lowest BCUT2D eigenvalue weighted by atomic mass is 10.2. The number of aliphatic carboxylic acids is 1. The third-order valence-corrected chi connectivity index (χ3v) is 4.26. The van der Waals surface area contributed by atoms with Crippen molar-refractivity contribution in [2.45, 2.75) is 12.1 Å². The molecule has 2 aromatic rings. The van der Waals surface area contributed by atoms with Crippen LogP contribution >= 0.6 is 34.4 Å². The predicted molar refractivity (Wildman–Crippen MR) is 90.0 cm³/mol. The predicted octanol–water partition coefficient (Wildman–Crippen LogP) is 2.65. The fraction of sp³-hybridized carbons (Fsp3) is 0.154. The van der Waals surface area contributed by atoms with Gasteiger partial charge in [0, 0.05) is 0 Å². The summed E-state index contributed by atoms with van der Waals surface area (Å²) in [5.74, 6) is -0.182. The van der Waals surface area contributed by atoms with Crippen molar-refractivity contribution < 1.29 is 19.7 Å². The van der Waals surface area contributed by atoms with Crippen molar-refractivity contribution in [1.82, 2.24) is 15.2 Å². The Balaban J connectivity index is 2.38. The Morgan fingerprint density at radius 2 is 2.23 bits per heavy atom. The summed E-state index contributed by atoms with van der Waals surface area (Å²) < 4.78 is 5.62. The largest absolute Gasteiger partial charge is 0.504 e. The average Bonchev–Trinajstić information content (AvgIpc) is 2.87. The molecule has 0 amide bonds. The van der Waals surface area contributed by atoms with E-state index in [1.165, 1.54) is 13.2 Å². The van der Waals surface area contributed by atoms with E-state index in [0.717, 1.165) is 11.8 Å². The first-order chi connectivity index (χ1) is 10.4. The lowest BCUT2D eigenvalue weighted by molar-refractivity contribution is -0.131. The molecule has 0 fully saturated rings. The Labute approximate surface area is 143 Å². The number of carboxylic acids is 1. The van der Waals surface area contributed by atoms with Crippen molar-refractivity contribution in [3.05, 3.63) is 32.0 Å². The molecule has 0 aliphatic rings. The second-order valence-electron chi connectivity index (χ2n) is 4.17. The number of aromatic hydroxyl groups is 1. The highest BCUT2D eigenvalue weighted by Crippen LogP contribution is 2.34. The molecule has 22 heavy (non-hydrogen) atoms. The number of halogens is 1. The van der Waals surface area contributed by atoms with Crippen LogP contribution in [0.25, 0.3) is 6.08 Å². The van der Waals surface area contributed by atoms with E-state index in [4.69, 9.17) is 4.74 Å². The number of aryl methyl sites for hydroxylation is 1. The number of hydrogen-bond donors (Lipinski definition) is 3. The summed E-state index contributed by atoms with van der Waals surface area (Å²) in [6, 6.07) is 3.22. The van der Waals surface area contributed by atoms with Gasteiger partial charge in [0.25, 0.3) is 0 Å². The minimum atomic E-state index is -1.09. The van der Waals surface area contributed by atoms with Gasteiger partial charge in [-0.3, -0.25) is 5.10 Å². The summed E-state index contributed by atoms with van der Waals surface area (Å²) in [6.07, 6.45) is 1.48. The number of aromatic nitrogens is 3. The van der Waals surface area contributed by atoms with Crippen LogP contribution in [0, 0.1) is 10.5 Å². The average molecular weight is 433 g/mol. The van der Waals surface area contributed by atoms with Gasteiger partial charge < -0.3 is 14.9 Å². The van der Waals surface area contributed by atoms with E-state index in [1.807, 2.05) is 22.6 Å². The van der Waals surface area contributed by atoms with Gasteiger partial charge in [0.1, 0.15) is 10.7 Å². The Morgan fingerprint density at radius 1 is 1.50 bits per heavy atom. The molecule has 0 aliphatic carbocycles. The van der Waals surface area contributed by atoms with E-state index in [9.17, 15) is 15.0 Å². The number of nitrogens with zero attached hydrogens (tertiary/aromatic N) is 2. The minimum absolute atomic E-state index is 0.0226. The van der Waals surface area contributed by atoms with Crippen molar-refractivity contribution >= 4 is 46.4 Å². The van der Waals surface area contributed by atoms with E-state index in [1.54, 1.807) is 19.1 Å². The number of aromatic amines is 1. The molecule has 3 N–H and O–H groups in total. The molecule has 1 heterocycles. The fourth-order valence-corrected chi connectivity index (χ4v) is 2.96. The number of carboxylic acid groups (broad SMARTS) is 1. The number of H-pyrrole nitrogens is 1. The number of phenolic OH excluding ortho intramolecular Hbond substituents is 1. The van der Waals surface area contributed by atoms with E-state index in [0.29, 0.717) is 20.1 Å². The third-order valence-electron chi connectivity index (χ3n) is 2.56. The van der Waals surface area contributed by atoms with Gasteiger partial charge in [-0.25, -0.2) is 9.78 Å². The number of benzene rings is 1. The summed E-state index contributed by atoms with van der Waals surface area (Å²) in [4.78, 5) is 15.5. The molecule has 7 nitrogen and oxygen atoms in total. The monoisotopic (exact) mass is 433 g/mol. The number of carbonyl (C=O) groups is 1. The summed E-state index contributed by atoms with van der Waals surface area (Å²) >= 11 is 2.89. The van der Waals surface area contributed by atoms with Crippen molar-refractivity contribution in [3.8, 4) is 11.5 Å². The lowest BCUT2D eigenvalue weighted by Gasteiger charge is -2.07. The van der Waals surface area contributed by atoms with Crippen LogP contribution in [0.3, 0.4) is 0 Å². The molecule has 9 heteroatoms. The van der Waals surface area contributed by atoms with E-state index >= 15 is 0 Å². The number of methoxy groups -OCH3 is 1. The summed E-state index contributed by atoms with van der Waals surface area (Å²) in [6.45, 7) is 1.73. The second-order valence-corrected chi connectivity index (χ2v) is 6.34. The summed E-state index contributed by atoms with van der Waals surface area (Å²) in [5.41, 5.74) is 0.594. The molecule has 0 atom stereocenters. The lowest BCUT2D eigenvalue weighted by Crippen LogP contribution is -1.97. The molecule has 2 rings (SSSR count). The van der Waals surface area contributed by atoms with Crippen LogP contribution in [0.5, 0.6) is 11.5 Å². The molecule has 1 aromatic carbocycles. The number of phenols is 1. The first-order valence-corrected chi connectivity index (χ1v) is 7.88. The zero-order valence-corrected chi connectivity index (χ0v) is 14.6. The molecule has 0 aliphatic heterocycles. The Bertz CT molecular complexity index is 745. The highest BCUT2D eigenvalue weighted by molar-refractivity contribution is 14.1. The van der Waals surface area contributed by atoms with Crippen LogP contribution in [0.4, 0.5) is 0 Å². The molecule has 116 valence electrons. The van der Waals surface area contributed by atoms with Crippen LogP contribution in [0.15, 0.2) is 22.2 Å². The standard InChI is InChI=1S/C13H12IN3O4S/c1-6-15-13(17-16-6)22-10(12(19)20)5-7-3-8(14)11(18)9(4-7)21-2/h3-5,18H,1-2H3,(H,19,20)(H,15,16,17)/b10-5-.